The zero-order valence-corrected chi connectivity index (χ0v) is 12.0. The number of piperidine rings is 1. The monoisotopic (exact) mass is 293 g/mol. The number of hydrogen-bond donors (Lipinski definition) is 2. The van der Waals surface area contributed by atoms with E-state index in [0.29, 0.717) is 0 Å². The average Bonchev–Trinajstić information content (AvgIpc) is 2.83. The second kappa shape index (κ2) is 7.91. The SMILES string of the molecule is CN1CCCCC1C1CSSC1.O=C(O)C(=O)O. The Balaban J connectivity index is 0.000000232. The van der Waals surface area contributed by atoms with Crippen molar-refractivity contribution in [3.63, 3.8) is 0 Å². The molecule has 104 valence electrons. The predicted molar refractivity (Wildman–Crippen MR) is 73.9 cm³/mol. The minimum atomic E-state index is -1.82. The second-order valence-corrected chi connectivity index (χ2v) is 7.04. The summed E-state index contributed by atoms with van der Waals surface area (Å²) in [5.41, 5.74) is 0. The lowest BCUT2D eigenvalue weighted by atomic mass is 9.93. The van der Waals surface area contributed by atoms with Crippen LogP contribution in [-0.4, -0.2) is 58.2 Å². The maximum absolute atomic E-state index is 9.10. The molecule has 0 spiro atoms. The van der Waals surface area contributed by atoms with E-state index in [2.05, 4.69) is 33.5 Å². The van der Waals surface area contributed by atoms with E-state index in [1.165, 1.54) is 37.3 Å². The van der Waals surface area contributed by atoms with Gasteiger partial charge in [-0.15, -0.1) is 0 Å². The van der Waals surface area contributed by atoms with Gasteiger partial charge in [0.2, 0.25) is 0 Å². The summed E-state index contributed by atoms with van der Waals surface area (Å²) in [6.07, 6.45) is 4.32. The number of carboxylic acids is 2. The predicted octanol–water partition coefficient (Wildman–Crippen LogP) is 1.64. The fourth-order valence-electron chi connectivity index (χ4n) is 2.24. The van der Waals surface area contributed by atoms with Crippen LogP contribution in [0.3, 0.4) is 0 Å². The van der Waals surface area contributed by atoms with Crippen LogP contribution in [0.5, 0.6) is 0 Å². The Bertz CT molecular complexity index is 283. The summed E-state index contributed by atoms with van der Waals surface area (Å²) in [7, 11) is 6.44. The van der Waals surface area contributed by atoms with Crippen molar-refractivity contribution in [2.45, 2.75) is 25.3 Å². The molecular weight excluding hydrogens is 274 g/mol. The van der Waals surface area contributed by atoms with Crippen molar-refractivity contribution in [3.8, 4) is 0 Å². The molecule has 18 heavy (non-hydrogen) atoms. The Morgan fingerprint density at radius 3 is 2.11 bits per heavy atom. The number of rotatable bonds is 1. The molecule has 0 saturated carbocycles. The Kier molecular flexibility index (Phi) is 6.88. The van der Waals surface area contributed by atoms with Gasteiger partial charge < -0.3 is 15.1 Å². The van der Waals surface area contributed by atoms with Gasteiger partial charge in [-0.1, -0.05) is 28.0 Å². The summed E-state index contributed by atoms with van der Waals surface area (Å²) < 4.78 is 0. The fourth-order valence-corrected chi connectivity index (χ4v) is 5.24. The van der Waals surface area contributed by atoms with Crippen LogP contribution in [0.4, 0.5) is 0 Å². The first kappa shape index (κ1) is 15.7. The van der Waals surface area contributed by atoms with E-state index in [9.17, 15) is 0 Å². The molecular formula is C11H19NO4S2. The molecule has 0 aromatic carbocycles. The lowest BCUT2D eigenvalue weighted by Gasteiger charge is -2.35. The van der Waals surface area contributed by atoms with Gasteiger partial charge in [0.1, 0.15) is 0 Å². The van der Waals surface area contributed by atoms with Crippen molar-refractivity contribution >= 4 is 33.5 Å². The van der Waals surface area contributed by atoms with Crippen molar-refractivity contribution in [2.75, 3.05) is 25.1 Å². The maximum Gasteiger partial charge on any atom is 0.414 e. The molecule has 0 aliphatic carbocycles. The van der Waals surface area contributed by atoms with E-state index in [4.69, 9.17) is 19.8 Å². The van der Waals surface area contributed by atoms with Gasteiger partial charge in [-0.2, -0.15) is 0 Å². The van der Waals surface area contributed by atoms with Crippen molar-refractivity contribution in [3.05, 3.63) is 0 Å². The van der Waals surface area contributed by atoms with E-state index in [1.807, 2.05) is 0 Å². The van der Waals surface area contributed by atoms with Gasteiger partial charge in [-0.05, 0) is 32.4 Å². The maximum atomic E-state index is 9.10. The standard InChI is InChI=1S/C9H17NS2.C2H2O4/c1-10-5-3-2-4-9(10)8-6-11-12-7-8;3-1(4)2(5)6/h8-9H,2-7H2,1H3;(H,3,4)(H,5,6). The van der Waals surface area contributed by atoms with Crippen molar-refractivity contribution < 1.29 is 19.8 Å². The molecule has 2 saturated heterocycles. The highest BCUT2D eigenvalue weighted by Crippen LogP contribution is 2.39. The van der Waals surface area contributed by atoms with Gasteiger partial charge in [0.15, 0.2) is 0 Å². The number of hydrogen-bond acceptors (Lipinski definition) is 5. The molecule has 5 nitrogen and oxygen atoms in total. The van der Waals surface area contributed by atoms with Crippen molar-refractivity contribution in [1.29, 1.82) is 0 Å². The molecule has 2 N–H and O–H groups in total. The summed E-state index contributed by atoms with van der Waals surface area (Å²) in [6.45, 7) is 1.33. The first-order valence-electron chi connectivity index (χ1n) is 5.93. The number of likely N-dealkylation sites (tertiary alicyclic amines) is 1. The van der Waals surface area contributed by atoms with Crippen molar-refractivity contribution in [1.82, 2.24) is 4.90 Å². The van der Waals surface area contributed by atoms with Crippen LogP contribution in [0.25, 0.3) is 0 Å². The van der Waals surface area contributed by atoms with Gasteiger partial charge >= 0.3 is 11.9 Å². The average molecular weight is 293 g/mol. The lowest BCUT2D eigenvalue weighted by molar-refractivity contribution is -0.159. The molecule has 1 unspecified atom stereocenters. The van der Waals surface area contributed by atoms with Gasteiger partial charge in [0.25, 0.3) is 0 Å². The third-order valence-corrected chi connectivity index (χ3v) is 5.81. The van der Waals surface area contributed by atoms with Gasteiger partial charge in [0.05, 0.1) is 0 Å². The summed E-state index contributed by atoms with van der Waals surface area (Å²) in [5, 5.41) is 14.8. The molecule has 2 heterocycles. The highest BCUT2D eigenvalue weighted by atomic mass is 33.1. The van der Waals surface area contributed by atoms with E-state index >= 15 is 0 Å². The Morgan fingerprint density at radius 2 is 1.67 bits per heavy atom. The highest BCUT2D eigenvalue weighted by molar-refractivity contribution is 8.77. The molecule has 1 atom stereocenters. The molecule has 0 bridgehead atoms. The van der Waals surface area contributed by atoms with Crippen LogP contribution in [0, 0.1) is 5.92 Å². The molecule has 0 amide bonds. The molecule has 2 aliphatic rings. The van der Waals surface area contributed by atoms with Crippen LogP contribution >= 0.6 is 21.6 Å². The number of nitrogens with zero attached hydrogens (tertiary/aromatic N) is 1. The van der Waals surface area contributed by atoms with Crippen LogP contribution in [-0.2, 0) is 9.59 Å². The van der Waals surface area contributed by atoms with E-state index in [0.717, 1.165) is 12.0 Å². The number of aliphatic carboxylic acids is 2. The van der Waals surface area contributed by atoms with Gasteiger partial charge in [-0.3, -0.25) is 0 Å². The zero-order chi connectivity index (χ0) is 13.5. The van der Waals surface area contributed by atoms with Gasteiger partial charge in [0, 0.05) is 17.5 Å². The smallest absolute Gasteiger partial charge is 0.414 e. The summed E-state index contributed by atoms with van der Waals surface area (Å²) in [4.78, 5) is 20.8. The van der Waals surface area contributed by atoms with E-state index < -0.39 is 11.9 Å². The molecule has 2 rings (SSSR count). The summed E-state index contributed by atoms with van der Waals surface area (Å²) in [5.74, 6) is 0.106. The normalized spacial score (nSPS) is 25.3. The molecule has 0 aromatic heterocycles. The van der Waals surface area contributed by atoms with Crippen molar-refractivity contribution in [2.24, 2.45) is 5.92 Å². The number of carbonyl (C=O) groups is 2. The lowest BCUT2D eigenvalue weighted by Crippen LogP contribution is -2.42. The Hall–Kier alpha value is -0.400. The number of carboxylic acid groups (broad SMARTS) is 2. The first-order valence-corrected chi connectivity index (χ1v) is 8.42. The molecule has 2 aliphatic heterocycles. The highest BCUT2D eigenvalue weighted by Gasteiger charge is 2.30. The van der Waals surface area contributed by atoms with E-state index in [-0.39, 0.29) is 0 Å². The third kappa shape index (κ3) is 5.07. The van der Waals surface area contributed by atoms with Crippen LogP contribution < -0.4 is 0 Å². The van der Waals surface area contributed by atoms with Gasteiger partial charge in [-0.25, -0.2) is 9.59 Å². The third-order valence-electron chi connectivity index (χ3n) is 3.20. The topological polar surface area (TPSA) is 77.8 Å². The quantitative estimate of drug-likeness (QED) is 0.562. The van der Waals surface area contributed by atoms with E-state index in [1.54, 1.807) is 0 Å². The molecule has 0 aromatic rings. The molecule has 7 heteroatoms. The van der Waals surface area contributed by atoms with Crippen LogP contribution in [0.15, 0.2) is 0 Å². The largest absolute Gasteiger partial charge is 0.473 e. The molecule has 2 fully saturated rings. The Morgan fingerprint density at radius 1 is 1.11 bits per heavy atom. The Labute approximate surface area is 115 Å². The minimum absolute atomic E-state index is 0.904. The zero-order valence-electron chi connectivity index (χ0n) is 10.4. The minimum Gasteiger partial charge on any atom is -0.473 e. The summed E-state index contributed by atoms with van der Waals surface area (Å²) >= 11 is 0. The summed E-state index contributed by atoms with van der Waals surface area (Å²) in [6, 6.07) is 0.904. The first-order chi connectivity index (χ1) is 8.52. The second-order valence-electron chi connectivity index (χ2n) is 4.48. The van der Waals surface area contributed by atoms with Crippen LogP contribution in [0.2, 0.25) is 0 Å². The van der Waals surface area contributed by atoms with Crippen LogP contribution in [0.1, 0.15) is 19.3 Å². The molecule has 0 radical (unpaired) electrons. The fraction of sp³-hybridized carbons (Fsp3) is 0.818.